The van der Waals surface area contributed by atoms with Gasteiger partial charge in [0.15, 0.2) is 0 Å². The summed E-state index contributed by atoms with van der Waals surface area (Å²) in [6.07, 6.45) is 1.57. The molecule has 0 bridgehead atoms. The Balaban J connectivity index is 2.34. The molecule has 1 aliphatic heterocycles. The maximum atomic E-state index is 11.4. The van der Waals surface area contributed by atoms with E-state index in [9.17, 15) is 10.0 Å². The molecular weight excluding hydrogens is 218 g/mol. The van der Waals surface area contributed by atoms with Gasteiger partial charge in [-0.05, 0) is 12.8 Å². The van der Waals surface area contributed by atoms with Gasteiger partial charge in [-0.15, -0.1) is 5.01 Å². The van der Waals surface area contributed by atoms with Crippen LogP contribution in [0.2, 0.25) is 0 Å². The van der Waals surface area contributed by atoms with Crippen molar-refractivity contribution in [1.82, 2.24) is 5.01 Å². The summed E-state index contributed by atoms with van der Waals surface area (Å²) >= 11 is 0. The fourth-order valence-electron chi connectivity index (χ4n) is 1.46. The van der Waals surface area contributed by atoms with Crippen molar-refractivity contribution in [3.05, 3.63) is 5.21 Å². The predicted octanol–water partition coefficient (Wildman–Crippen LogP) is -0.227. The first-order chi connectivity index (χ1) is 7.65. The first-order valence-corrected chi connectivity index (χ1v) is 4.96. The molecule has 0 spiro atoms. The second-order valence-electron chi connectivity index (χ2n) is 3.36. The Hall–Kier alpha value is -1.57. The molecule has 1 saturated heterocycles. The molecule has 0 radical (unpaired) electrons. The molecule has 16 heavy (non-hydrogen) atoms. The van der Waals surface area contributed by atoms with Crippen molar-refractivity contribution in [3.63, 3.8) is 0 Å². The van der Waals surface area contributed by atoms with Crippen LogP contribution in [-0.4, -0.2) is 47.0 Å². The SMILES string of the molecule is CC(=O)OCO/N=[N+](\[O-])N1CCCC1CO. The van der Waals surface area contributed by atoms with Crippen LogP contribution in [0.25, 0.3) is 0 Å². The van der Waals surface area contributed by atoms with Gasteiger partial charge in [0, 0.05) is 6.92 Å². The Kier molecular flexibility index (Phi) is 4.77. The summed E-state index contributed by atoms with van der Waals surface area (Å²) in [6.45, 7) is 1.25. The van der Waals surface area contributed by atoms with Crippen LogP contribution in [0.1, 0.15) is 19.8 Å². The molecule has 0 aromatic rings. The quantitative estimate of drug-likeness (QED) is 0.176. The van der Waals surface area contributed by atoms with Crippen molar-refractivity contribution in [2.24, 2.45) is 5.28 Å². The van der Waals surface area contributed by atoms with Crippen LogP contribution in [-0.2, 0) is 14.4 Å². The van der Waals surface area contributed by atoms with E-state index in [1.165, 1.54) is 11.9 Å². The molecule has 1 fully saturated rings. The Morgan fingerprint density at radius 2 is 2.50 bits per heavy atom. The normalized spacial score (nSPS) is 21.0. The molecule has 92 valence electrons. The molecular formula is C8H15N3O5. The third-order valence-corrected chi connectivity index (χ3v) is 2.22. The molecule has 0 aromatic carbocycles. The lowest BCUT2D eigenvalue weighted by atomic mass is 10.2. The lowest BCUT2D eigenvalue weighted by Crippen LogP contribution is -2.37. The maximum Gasteiger partial charge on any atom is 0.305 e. The van der Waals surface area contributed by atoms with Gasteiger partial charge in [0.1, 0.15) is 6.04 Å². The third kappa shape index (κ3) is 3.54. The summed E-state index contributed by atoms with van der Waals surface area (Å²) in [4.78, 5) is 15.1. The summed E-state index contributed by atoms with van der Waals surface area (Å²) in [5, 5.41) is 24.9. The smallest absolute Gasteiger partial charge is 0.305 e. The number of carbonyl (C=O) groups is 1. The summed E-state index contributed by atoms with van der Waals surface area (Å²) in [6, 6.07) is -0.224. The standard InChI is InChI=1S/C8H15N3O5/c1-7(13)15-6-16-9-11(14)10-4-2-3-8(10)5-12/h8,12H,2-6H2,1H3/b11-9-. The van der Waals surface area contributed by atoms with Gasteiger partial charge in [-0.1, -0.05) is 0 Å². The number of hydrazine groups is 1. The highest BCUT2D eigenvalue weighted by Gasteiger charge is 2.30. The van der Waals surface area contributed by atoms with Crippen LogP contribution >= 0.6 is 0 Å². The van der Waals surface area contributed by atoms with Gasteiger partial charge in [0.05, 0.1) is 18.1 Å². The van der Waals surface area contributed by atoms with Crippen molar-refractivity contribution < 1.29 is 24.4 Å². The van der Waals surface area contributed by atoms with Gasteiger partial charge in [0.2, 0.25) is 5.28 Å². The minimum atomic E-state index is -0.512. The van der Waals surface area contributed by atoms with Crippen molar-refractivity contribution in [1.29, 1.82) is 0 Å². The number of aliphatic hydroxyl groups is 1. The molecule has 1 atom stereocenters. The van der Waals surface area contributed by atoms with Crippen LogP contribution < -0.4 is 0 Å². The van der Waals surface area contributed by atoms with Gasteiger partial charge in [-0.25, -0.2) is 0 Å². The minimum Gasteiger partial charge on any atom is -0.569 e. The van der Waals surface area contributed by atoms with Gasteiger partial charge in [-0.2, -0.15) is 0 Å². The number of rotatable bonds is 5. The maximum absolute atomic E-state index is 11.4. The zero-order valence-corrected chi connectivity index (χ0v) is 9.03. The zero-order chi connectivity index (χ0) is 12.0. The largest absolute Gasteiger partial charge is 0.569 e. The number of esters is 1. The van der Waals surface area contributed by atoms with Crippen LogP contribution in [0.15, 0.2) is 5.28 Å². The third-order valence-electron chi connectivity index (χ3n) is 2.22. The fraction of sp³-hybridized carbons (Fsp3) is 0.875. The topological polar surface area (TPSA) is 97.4 Å². The van der Waals surface area contributed by atoms with E-state index >= 15 is 0 Å². The van der Waals surface area contributed by atoms with Crippen molar-refractivity contribution in [2.45, 2.75) is 25.8 Å². The molecule has 0 amide bonds. The molecule has 1 N–H and O–H groups in total. The highest BCUT2D eigenvalue weighted by Crippen LogP contribution is 2.16. The van der Waals surface area contributed by atoms with E-state index in [0.717, 1.165) is 12.8 Å². The van der Waals surface area contributed by atoms with Crippen molar-refractivity contribution >= 4 is 5.97 Å². The Labute approximate surface area is 92.6 Å². The fourth-order valence-corrected chi connectivity index (χ4v) is 1.46. The lowest BCUT2D eigenvalue weighted by Gasteiger charge is -2.17. The summed E-state index contributed by atoms with van der Waals surface area (Å²) in [5.74, 6) is -0.512. The number of aliphatic hydroxyl groups excluding tert-OH is 1. The van der Waals surface area contributed by atoms with Crippen LogP contribution in [0.5, 0.6) is 0 Å². The van der Waals surface area contributed by atoms with E-state index in [0.29, 0.717) is 6.54 Å². The van der Waals surface area contributed by atoms with E-state index in [1.807, 2.05) is 0 Å². The Bertz CT molecular complexity index is 270. The summed E-state index contributed by atoms with van der Waals surface area (Å²) in [7, 11) is 0. The predicted molar refractivity (Wildman–Crippen MR) is 50.6 cm³/mol. The average molecular weight is 233 g/mol. The highest BCUT2D eigenvalue weighted by molar-refractivity contribution is 5.65. The molecule has 1 heterocycles. The highest BCUT2D eigenvalue weighted by atomic mass is 16.8. The number of hydrogen-bond donors (Lipinski definition) is 1. The Morgan fingerprint density at radius 1 is 1.75 bits per heavy atom. The van der Waals surface area contributed by atoms with E-state index in [2.05, 4.69) is 14.9 Å². The van der Waals surface area contributed by atoms with Crippen LogP contribution in [0.3, 0.4) is 0 Å². The molecule has 8 nitrogen and oxygen atoms in total. The zero-order valence-electron chi connectivity index (χ0n) is 9.03. The van der Waals surface area contributed by atoms with Gasteiger partial charge in [0.25, 0.3) is 6.79 Å². The molecule has 0 aromatic heterocycles. The average Bonchev–Trinajstić information content (AvgIpc) is 2.71. The molecule has 1 rings (SSSR count). The monoisotopic (exact) mass is 233 g/mol. The number of hydrogen-bond acceptors (Lipinski definition) is 6. The van der Waals surface area contributed by atoms with Crippen LogP contribution in [0, 0.1) is 5.21 Å². The molecule has 1 aliphatic rings. The molecule has 8 heteroatoms. The molecule has 0 saturated carbocycles. The second kappa shape index (κ2) is 6.11. The van der Waals surface area contributed by atoms with Crippen molar-refractivity contribution in [2.75, 3.05) is 19.9 Å². The van der Waals surface area contributed by atoms with E-state index < -0.39 is 12.8 Å². The van der Waals surface area contributed by atoms with Gasteiger partial charge in [-0.3, -0.25) is 4.79 Å². The first-order valence-electron chi connectivity index (χ1n) is 4.96. The lowest BCUT2D eigenvalue weighted by molar-refractivity contribution is -0.715. The summed E-state index contributed by atoms with van der Waals surface area (Å²) in [5.41, 5.74) is 0. The van der Waals surface area contributed by atoms with E-state index in [-0.39, 0.29) is 17.6 Å². The molecule has 0 aliphatic carbocycles. The summed E-state index contributed by atoms with van der Waals surface area (Å²) < 4.78 is 4.42. The number of nitrogens with zero attached hydrogens (tertiary/aromatic N) is 3. The Morgan fingerprint density at radius 3 is 3.12 bits per heavy atom. The first kappa shape index (κ1) is 12.5. The van der Waals surface area contributed by atoms with Gasteiger partial charge >= 0.3 is 5.97 Å². The van der Waals surface area contributed by atoms with Crippen molar-refractivity contribution in [3.8, 4) is 0 Å². The second-order valence-corrected chi connectivity index (χ2v) is 3.36. The van der Waals surface area contributed by atoms with E-state index in [1.54, 1.807) is 0 Å². The van der Waals surface area contributed by atoms with Crippen LogP contribution in [0.4, 0.5) is 0 Å². The minimum absolute atomic E-state index is 0.0990. The van der Waals surface area contributed by atoms with Gasteiger partial charge < -0.3 is 19.9 Å². The molecule has 1 unspecified atom stereocenters. The number of ether oxygens (including phenoxy) is 1. The van der Waals surface area contributed by atoms with E-state index in [4.69, 9.17) is 5.11 Å². The number of carbonyl (C=O) groups excluding carboxylic acids is 1.